The Bertz CT molecular complexity index is 662. The van der Waals surface area contributed by atoms with Gasteiger partial charge in [0, 0.05) is 22.8 Å². The summed E-state index contributed by atoms with van der Waals surface area (Å²) >= 11 is 5.86. The monoisotopic (exact) mass is 319 g/mol. The Morgan fingerprint density at radius 1 is 1.36 bits per heavy atom. The van der Waals surface area contributed by atoms with Crippen molar-refractivity contribution in [3.05, 3.63) is 46.3 Å². The number of nitrogens with zero attached hydrogens (tertiary/aromatic N) is 2. The third kappa shape index (κ3) is 2.81. The highest BCUT2D eigenvalue weighted by Gasteiger charge is 2.33. The largest absolute Gasteiger partial charge is 0.361 e. The van der Waals surface area contributed by atoms with Gasteiger partial charge in [0.15, 0.2) is 0 Å². The number of aryl methyl sites for hydroxylation is 2. The first-order valence-electron chi connectivity index (χ1n) is 7.32. The number of anilines is 1. The van der Waals surface area contributed by atoms with E-state index in [-0.39, 0.29) is 12.1 Å². The van der Waals surface area contributed by atoms with Gasteiger partial charge in [0.2, 0.25) is 0 Å². The Balaban J connectivity index is 1.78. The maximum absolute atomic E-state index is 12.6. The average molecular weight is 320 g/mol. The summed E-state index contributed by atoms with van der Waals surface area (Å²) in [5, 5.41) is 7.57. The number of rotatable bonds is 2. The van der Waals surface area contributed by atoms with E-state index in [2.05, 4.69) is 10.5 Å². The van der Waals surface area contributed by atoms with E-state index in [0.717, 1.165) is 42.1 Å². The quantitative estimate of drug-likeness (QED) is 0.897. The Kier molecular flexibility index (Phi) is 4.07. The molecular formula is C16H18ClN3O2. The van der Waals surface area contributed by atoms with Crippen molar-refractivity contribution in [3.63, 3.8) is 0 Å². The fourth-order valence-corrected chi connectivity index (χ4v) is 3.13. The number of nitrogens with one attached hydrogen (secondary N) is 1. The third-order valence-corrected chi connectivity index (χ3v) is 4.28. The SMILES string of the molecule is Cc1noc(C)c1[C@H]1CCCN1C(=O)Nc1ccc(Cl)cc1. The minimum Gasteiger partial charge on any atom is -0.361 e. The molecule has 0 aliphatic carbocycles. The summed E-state index contributed by atoms with van der Waals surface area (Å²) in [5.41, 5.74) is 2.62. The second-order valence-corrected chi connectivity index (χ2v) is 5.96. The van der Waals surface area contributed by atoms with E-state index in [1.807, 2.05) is 18.7 Å². The molecule has 2 amide bonds. The molecule has 2 aromatic rings. The van der Waals surface area contributed by atoms with Crippen LogP contribution in [0.3, 0.4) is 0 Å². The number of benzene rings is 1. The highest BCUT2D eigenvalue weighted by molar-refractivity contribution is 6.30. The molecule has 6 heteroatoms. The van der Waals surface area contributed by atoms with Crippen molar-refractivity contribution >= 4 is 23.3 Å². The highest BCUT2D eigenvalue weighted by Crippen LogP contribution is 2.35. The molecule has 1 aliphatic heterocycles. The Labute approximate surface area is 134 Å². The zero-order valence-corrected chi connectivity index (χ0v) is 13.4. The number of hydrogen-bond acceptors (Lipinski definition) is 3. The molecule has 1 aromatic carbocycles. The number of urea groups is 1. The van der Waals surface area contributed by atoms with E-state index in [4.69, 9.17) is 16.1 Å². The van der Waals surface area contributed by atoms with E-state index < -0.39 is 0 Å². The van der Waals surface area contributed by atoms with Crippen LogP contribution in [0.25, 0.3) is 0 Å². The van der Waals surface area contributed by atoms with Crippen LogP contribution in [0, 0.1) is 13.8 Å². The molecule has 0 saturated carbocycles. The van der Waals surface area contributed by atoms with Gasteiger partial charge in [0.25, 0.3) is 0 Å². The van der Waals surface area contributed by atoms with Crippen molar-refractivity contribution < 1.29 is 9.32 Å². The number of likely N-dealkylation sites (tertiary alicyclic amines) is 1. The summed E-state index contributed by atoms with van der Waals surface area (Å²) in [6.45, 7) is 4.54. The number of amides is 2. The molecule has 1 aliphatic rings. The van der Waals surface area contributed by atoms with Gasteiger partial charge in [-0.2, -0.15) is 0 Å². The van der Waals surface area contributed by atoms with Gasteiger partial charge in [0.1, 0.15) is 5.76 Å². The number of aromatic nitrogens is 1. The molecular weight excluding hydrogens is 302 g/mol. The van der Waals surface area contributed by atoms with Crippen LogP contribution in [0.1, 0.15) is 35.9 Å². The molecule has 1 N–H and O–H groups in total. The minimum absolute atomic E-state index is 0.0264. The lowest BCUT2D eigenvalue weighted by molar-refractivity contribution is 0.206. The second kappa shape index (κ2) is 6.01. The molecule has 0 radical (unpaired) electrons. The average Bonchev–Trinajstić information content (AvgIpc) is 3.08. The lowest BCUT2D eigenvalue weighted by Gasteiger charge is -2.25. The van der Waals surface area contributed by atoms with Crippen molar-refractivity contribution in [2.45, 2.75) is 32.7 Å². The Hall–Kier alpha value is -2.01. The smallest absolute Gasteiger partial charge is 0.322 e. The molecule has 5 nitrogen and oxygen atoms in total. The summed E-state index contributed by atoms with van der Waals surface area (Å²) in [5.74, 6) is 0.786. The van der Waals surface area contributed by atoms with Crippen LogP contribution >= 0.6 is 11.6 Å². The molecule has 116 valence electrons. The first kappa shape index (κ1) is 14.9. The van der Waals surface area contributed by atoms with Gasteiger partial charge in [-0.25, -0.2) is 4.79 Å². The molecule has 0 unspecified atom stereocenters. The van der Waals surface area contributed by atoms with Gasteiger partial charge in [0.05, 0.1) is 11.7 Å². The van der Waals surface area contributed by atoms with Gasteiger partial charge < -0.3 is 14.7 Å². The fraction of sp³-hybridized carbons (Fsp3) is 0.375. The fourth-order valence-electron chi connectivity index (χ4n) is 3.00. The molecule has 22 heavy (non-hydrogen) atoms. The van der Waals surface area contributed by atoms with Gasteiger partial charge in [-0.05, 0) is 51.0 Å². The summed E-state index contributed by atoms with van der Waals surface area (Å²) in [6.07, 6.45) is 1.90. The Morgan fingerprint density at radius 3 is 2.73 bits per heavy atom. The van der Waals surface area contributed by atoms with Crippen molar-refractivity contribution in [2.75, 3.05) is 11.9 Å². The summed E-state index contributed by atoms with van der Waals surface area (Å²) in [6, 6.07) is 7.02. The van der Waals surface area contributed by atoms with Gasteiger partial charge in [-0.3, -0.25) is 0 Å². The van der Waals surface area contributed by atoms with Gasteiger partial charge >= 0.3 is 6.03 Å². The van der Waals surface area contributed by atoms with Gasteiger partial charge in [-0.1, -0.05) is 16.8 Å². The standard InChI is InChI=1S/C16H18ClN3O2/c1-10-15(11(2)22-19-10)14-4-3-9-20(14)16(21)18-13-7-5-12(17)6-8-13/h5-8,14H,3-4,9H2,1-2H3,(H,18,21)/t14-/m1/s1. The summed E-state index contributed by atoms with van der Waals surface area (Å²) in [7, 11) is 0. The van der Waals surface area contributed by atoms with E-state index in [0.29, 0.717) is 5.02 Å². The molecule has 1 atom stereocenters. The van der Waals surface area contributed by atoms with Crippen molar-refractivity contribution in [2.24, 2.45) is 0 Å². The molecule has 1 saturated heterocycles. The third-order valence-electron chi connectivity index (χ3n) is 4.03. The first-order valence-corrected chi connectivity index (χ1v) is 7.70. The van der Waals surface area contributed by atoms with Crippen LogP contribution in [0.4, 0.5) is 10.5 Å². The predicted octanol–water partition coefficient (Wildman–Crippen LogP) is 4.31. The normalized spacial score (nSPS) is 17.8. The molecule has 2 heterocycles. The lowest BCUT2D eigenvalue weighted by atomic mass is 10.0. The topological polar surface area (TPSA) is 58.4 Å². The zero-order valence-electron chi connectivity index (χ0n) is 12.6. The first-order chi connectivity index (χ1) is 10.6. The minimum atomic E-state index is -0.107. The number of halogens is 1. The molecule has 1 aromatic heterocycles. The summed E-state index contributed by atoms with van der Waals surface area (Å²) in [4.78, 5) is 14.4. The van der Waals surface area contributed by atoms with Crippen LogP contribution in [-0.2, 0) is 0 Å². The molecule has 1 fully saturated rings. The predicted molar refractivity (Wildman–Crippen MR) is 85.1 cm³/mol. The van der Waals surface area contributed by atoms with Gasteiger partial charge in [-0.15, -0.1) is 0 Å². The number of carbonyl (C=O) groups excluding carboxylic acids is 1. The molecule has 3 rings (SSSR count). The van der Waals surface area contributed by atoms with Crippen LogP contribution in [0.15, 0.2) is 28.8 Å². The maximum Gasteiger partial charge on any atom is 0.322 e. The van der Waals surface area contributed by atoms with E-state index in [1.165, 1.54) is 0 Å². The summed E-state index contributed by atoms with van der Waals surface area (Å²) < 4.78 is 5.24. The highest BCUT2D eigenvalue weighted by atomic mass is 35.5. The van der Waals surface area contributed by atoms with Crippen LogP contribution in [0.5, 0.6) is 0 Å². The van der Waals surface area contributed by atoms with E-state index >= 15 is 0 Å². The van der Waals surface area contributed by atoms with E-state index in [1.54, 1.807) is 24.3 Å². The second-order valence-electron chi connectivity index (χ2n) is 5.53. The van der Waals surface area contributed by atoms with Crippen LogP contribution < -0.4 is 5.32 Å². The number of hydrogen-bond donors (Lipinski definition) is 1. The van der Waals surface area contributed by atoms with E-state index in [9.17, 15) is 4.79 Å². The van der Waals surface area contributed by atoms with Crippen LogP contribution in [0.2, 0.25) is 5.02 Å². The van der Waals surface area contributed by atoms with Crippen molar-refractivity contribution in [1.29, 1.82) is 0 Å². The zero-order chi connectivity index (χ0) is 15.7. The lowest BCUT2D eigenvalue weighted by Crippen LogP contribution is -2.34. The van der Waals surface area contributed by atoms with Crippen LogP contribution in [-0.4, -0.2) is 22.6 Å². The van der Waals surface area contributed by atoms with Crippen molar-refractivity contribution in [1.82, 2.24) is 10.1 Å². The molecule has 0 bridgehead atoms. The molecule has 0 spiro atoms. The number of carbonyl (C=O) groups is 1. The van der Waals surface area contributed by atoms with Crippen molar-refractivity contribution in [3.8, 4) is 0 Å². The maximum atomic E-state index is 12.6. The Morgan fingerprint density at radius 2 is 2.09 bits per heavy atom.